The largest absolute Gasteiger partial charge is 0.462 e. The zero-order valence-electron chi connectivity index (χ0n) is 14.9. The molecule has 0 aromatic rings. The summed E-state index contributed by atoms with van der Waals surface area (Å²) in [5.74, 6) is -0.298. The molecule has 4 atom stereocenters. The van der Waals surface area contributed by atoms with Gasteiger partial charge in [0.15, 0.2) is 5.79 Å². The molecule has 0 aromatic heterocycles. The second-order valence-electron chi connectivity index (χ2n) is 7.73. The van der Waals surface area contributed by atoms with Gasteiger partial charge in [0, 0.05) is 11.8 Å². The highest BCUT2D eigenvalue weighted by atomic mass is 16.7. The SMILES string of the molecule is CC[C@H](OC(=O)C(C)(C)C)[C@H](C)[C@@H]1OC(C)(C)OC[C@H]1C. The molecule has 21 heavy (non-hydrogen) atoms. The van der Waals surface area contributed by atoms with Gasteiger partial charge in [-0.05, 0) is 41.0 Å². The molecule has 0 saturated carbocycles. The fourth-order valence-corrected chi connectivity index (χ4v) is 2.62. The molecule has 0 N–H and O–H groups in total. The Kier molecular flexibility index (Phi) is 5.84. The molecule has 0 amide bonds. The van der Waals surface area contributed by atoms with Crippen molar-refractivity contribution in [3.63, 3.8) is 0 Å². The van der Waals surface area contributed by atoms with Crippen LogP contribution in [0, 0.1) is 17.3 Å². The van der Waals surface area contributed by atoms with Gasteiger partial charge in [0.05, 0.1) is 18.1 Å². The molecule has 0 bridgehead atoms. The number of esters is 1. The van der Waals surface area contributed by atoms with Gasteiger partial charge >= 0.3 is 5.97 Å². The average molecular weight is 300 g/mol. The standard InChI is InChI=1S/C17H32O4/c1-9-13(20-15(18)16(4,5)6)12(3)14-11(2)10-19-17(7,8)21-14/h11-14H,9-10H2,1-8H3/t11-,12+,13+,14-/m1/s1. The highest BCUT2D eigenvalue weighted by molar-refractivity contribution is 5.75. The van der Waals surface area contributed by atoms with E-state index in [1.165, 1.54) is 0 Å². The van der Waals surface area contributed by atoms with Crippen LogP contribution in [0.1, 0.15) is 61.8 Å². The lowest BCUT2D eigenvalue weighted by Gasteiger charge is -2.44. The molecule has 124 valence electrons. The molecule has 1 heterocycles. The summed E-state index contributed by atoms with van der Waals surface area (Å²) in [7, 11) is 0. The van der Waals surface area contributed by atoms with Crippen LogP contribution >= 0.6 is 0 Å². The number of rotatable bonds is 4. The highest BCUT2D eigenvalue weighted by Crippen LogP contribution is 2.33. The Morgan fingerprint density at radius 1 is 1.38 bits per heavy atom. The molecule has 0 aromatic carbocycles. The Bertz CT molecular complexity index is 356. The van der Waals surface area contributed by atoms with Crippen LogP contribution in [0.15, 0.2) is 0 Å². The van der Waals surface area contributed by atoms with E-state index in [9.17, 15) is 4.79 Å². The minimum atomic E-state index is -0.572. The van der Waals surface area contributed by atoms with Crippen LogP contribution in [-0.2, 0) is 19.0 Å². The summed E-state index contributed by atoms with van der Waals surface area (Å²) in [4.78, 5) is 12.1. The summed E-state index contributed by atoms with van der Waals surface area (Å²) < 4.78 is 17.5. The fourth-order valence-electron chi connectivity index (χ4n) is 2.62. The molecule has 4 nitrogen and oxygen atoms in total. The van der Waals surface area contributed by atoms with Gasteiger partial charge in [0.1, 0.15) is 6.10 Å². The van der Waals surface area contributed by atoms with E-state index in [4.69, 9.17) is 14.2 Å². The van der Waals surface area contributed by atoms with E-state index < -0.39 is 11.2 Å². The first kappa shape index (κ1) is 18.4. The summed E-state index contributed by atoms with van der Waals surface area (Å²) in [5.41, 5.74) is -0.478. The van der Waals surface area contributed by atoms with Crippen LogP contribution in [0.5, 0.6) is 0 Å². The number of carbonyl (C=O) groups is 1. The number of carbonyl (C=O) groups excluding carboxylic acids is 1. The Morgan fingerprint density at radius 3 is 2.43 bits per heavy atom. The Hall–Kier alpha value is -0.610. The molecule has 4 heteroatoms. The number of hydrogen-bond donors (Lipinski definition) is 0. The number of hydrogen-bond acceptors (Lipinski definition) is 4. The van der Waals surface area contributed by atoms with Crippen molar-refractivity contribution in [2.75, 3.05) is 6.61 Å². The topological polar surface area (TPSA) is 44.8 Å². The molecular weight excluding hydrogens is 268 g/mol. The maximum Gasteiger partial charge on any atom is 0.311 e. The van der Waals surface area contributed by atoms with E-state index in [-0.39, 0.29) is 30.0 Å². The Morgan fingerprint density at radius 2 is 1.95 bits per heavy atom. The van der Waals surface area contributed by atoms with Gasteiger partial charge in [0.25, 0.3) is 0 Å². The molecule has 0 radical (unpaired) electrons. The zero-order chi connectivity index (χ0) is 16.4. The van der Waals surface area contributed by atoms with Crippen LogP contribution in [0.2, 0.25) is 0 Å². The highest BCUT2D eigenvalue weighted by Gasteiger charge is 2.41. The van der Waals surface area contributed by atoms with Crippen LogP contribution in [0.3, 0.4) is 0 Å². The zero-order valence-corrected chi connectivity index (χ0v) is 14.9. The van der Waals surface area contributed by atoms with Gasteiger partial charge in [0.2, 0.25) is 0 Å². The van der Waals surface area contributed by atoms with Crippen molar-refractivity contribution >= 4 is 5.97 Å². The quantitative estimate of drug-likeness (QED) is 0.741. The van der Waals surface area contributed by atoms with E-state index in [1.807, 2.05) is 41.5 Å². The predicted molar refractivity (Wildman–Crippen MR) is 82.9 cm³/mol. The van der Waals surface area contributed by atoms with Crippen molar-refractivity contribution in [3.05, 3.63) is 0 Å². The predicted octanol–water partition coefficient (Wildman–Crippen LogP) is 3.78. The minimum Gasteiger partial charge on any atom is -0.462 e. The lowest BCUT2D eigenvalue weighted by atomic mass is 9.87. The van der Waals surface area contributed by atoms with Crippen molar-refractivity contribution in [2.24, 2.45) is 17.3 Å². The van der Waals surface area contributed by atoms with Crippen LogP contribution in [0.4, 0.5) is 0 Å². The van der Waals surface area contributed by atoms with Gasteiger partial charge in [-0.15, -0.1) is 0 Å². The molecule has 0 aliphatic carbocycles. The molecule has 0 unspecified atom stereocenters. The first-order chi connectivity index (χ1) is 9.48. The van der Waals surface area contributed by atoms with Crippen LogP contribution in [0.25, 0.3) is 0 Å². The Labute approximate surface area is 129 Å². The average Bonchev–Trinajstić information content (AvgIpc) is 2.36. The fraction of sp³-hybridized carbons (Fsp3) is 0.941. The van der Waals surface area contributed by atoms with Gasteiger partial charge in [-0.3, -0.25) is 4.79 Å². The third kappa shape index (κ3) is 4.96. The van der Waals surface area contributed by atoms with Gasteiger partial charge in [-0.2, -0.15) is 0 Å². The van der Waals surface area contributed by atoms with Gasteiger partial charge < -0.3 is 14.2 Å². The second-order valence-corrected chi connectivity index (χ2v) is 7.73. The van der Waals surface area contributed by atoms with E-state index >= 15 is 0 Å². The van der Waals surface area contributed by atoms with Gasteiger partial charge in [-0.1, -0.05) is 20.8 Å². The van der Waals surface area contributed by atoms with E-state index in [2.05, 4.69) is 13.8 Å². The van der Waals surface area contributed by atoms with Crippen molar-refractivity contribution in [1.29, 1.82) is 0 Å². The minimum absolute atomic E-state index is 0.0338. The third-order valence-corrected chi connectivity index (χ3v) is 4.05. The second kappa shape index (κ2) is 6.66. The first-order valence-electron chi connectivity index (χ1n) is 8.00. The molecule has 0 spiro atoms. The van der Waals surface area contributed by atoms with E-state index in [0.717, 1.165) is 6.42 Å². The normalized spacial score (nSPS) is 28.8. The molecule has 1 aliphatic rings. The molecule has 1 rings (SSSR count). The number of ether oxygens (including phenoxy) is 3. The Balaban J connectivity index is 2.78. The van der Waals surface area contributed by atoms with E-state index in [0.29, 0.717) is 6.61 Å². The molecular formula is C17H32O4. The van der Waals surface area contributed by atoms with Crippen LogP contribution in [-0.4, -0.2) is 30.6 Å². The van der Waals surface area contributed by atoms with Crippen LogP contribution < -0.4 is 0 Å². The van der Waals surface area contributed by atoms with Crippen molar-refractivity contribution < 1.29 is 19.0 Å². The monoisotopic (exact) mass is 300 g/mol. The van der Waals surface area contributed by atoms with Crippen molar-refractivity contribution in [3.8, 4) is 0 Å². The lowest BCUT2D eigenvalue weighted by Crippen LogP contribution is -2.50. The van der Waals surface area contributed by atoms with E-state index in [1.54, 1.807) is 0 Å². The van der Waals surface area contributed by atoms with Crippen molar-refractivity contribution in [2.45, 2.75) is 79.8 Å². The molecule has 1 aliphatic heterocycles. The smallest absolute Gasteiger partial charge is 0.311 e. The molecule has 1 fully saturated rings. The summed E-state index contributed by atoms with van der Waals surface area (Å²) in [6.45, 7) is 16.4. The summed E-state index contributed by atoms with van der Waals surface area (Å²) in [5, 5.41) is 0. The summed E-state index contributed by atoms with van der Waals surface area (Å²) >= 11 is 0. The van der Waals surface area contributed by atoms with Gasteiger partial charge in [-0.25, -0.2) is 0 Å². The first-order valence-corrected chi connectivity index (χ1v) is 8.00. The molecule has 1 saturated heterocycles. The lowest BCUT2D eigenvalue weighted by molar-refractivity contribution is -0.304. The van der Waals surface area contributed by atoms with Crippen molar-refractivity contribution in [1.82, 2.24) is 0 Å². The maximum absolute atomic E-state index is 12.1. The maximum atomic E-state index is 12.1. The summed E-state index contributed by atoms with van der Waals surface area (Å²) in [6, 6.07) is 0. The third-order valence-electron chi connectivity index (χ3n) is 4.05. The summed E-state index contributed by atoms with van der Waals surface area (Å²) in [6.07, 6.45) is 0.696.